The van der Waals surface area contributed by atoms with Gasteiger partial charge < -0.3 is 9.47 Å². The predicted molar refractivity (Wildman–Crippen MR) is 88.9 cm³/mol. The monoisotopic (exact) mass is 324 g/mol. The van der Waals surface area contributed by atoms with Crippen LogP contribution < -0.4 is 0 Å². The summed E-state index contributed by atoms with van der Waals surface area (Å²) in [5.41, 5.74) is 3.09. The van der Waals surface area contributed by atoms with E-state index in [0.717, 1.165) is 30.8 Å². The number of carbonyl (C=O) groups is 1. The predicted octanol–water partition coefficient (Wildman–Crippen LogP) is 2.02. The Morgan fingerprint density at radius 1 is 1.33 bits per heavy atom. The summed E-state index contributed by atoms with van der Waals surface area (Å²) in [4.78, 5) is 23.6. The molecule has 0 aliphatic carbocycles. The number of hydrogen-bond donors (Lipinski definition) is 0. The van der Waals surface area contributed by atoms with Crippen LogP contribution in [0.4, 0.5) is 0 Å². The van der Waals surface area contributed by atoms with Crippen molar-refractivity contribution in [1.82, 2.24) is 29.0 Å². The topological polar surface area (TPSA) is 68.3 Å². The van der Waals surface area contributed by atoms with Gasteiger partial charge in [-0.3, -0.25) is 4.79 Å². The van der Waals surface area contributed by atoms with Crippen LogP contribution in [-0.2, 0) is 0 Å². The highest BCUT2D eigenvalue weighted by Gasteiger charge is 2.27. The smallest absolute Gasteiger partial charge is 0.259 e. The number of piperidine rings is 1. The highest BCUT2D eigenvalue weighted by molar-refractivity contribution is 5.99. The van der Waals surface area contributed by atoms with Crippen LogP contribution in [0.15, 0.2) is 31.0 Å². The molecule has 1 fully saturated rings. The van der Waals surface area contributed by atoms with Crippen LogP contribution in [0.5, 0.6) is 0 Å². The maximum Gasteiger partial charge on any atom is 0.259 e. The molecule has 0 N–H and O–H groups in total. The van der Waals surface area contributed by atoms with E-state index in [1.807, 2.05) is 37.3 Å². The molecule has 1 atom stereocenters. The largest absolute Gasteiger partial charge is 0.336 e. The molecule has 1 unspecified atom stereocenters. The normalized spacial score (nSPS) is 18.2. The molecule has 1 aliphatic heterocycles. The van der Waals surface area contributed by atoms with Crippen LogP contribution in [0, 0.1) is 13.8 Å². The summed E-state index contributed by atoms with van der Waals surface area (Å²) in [6, 6.07) is 2.24. The van der Waals surface area contributed by atoms with Crippen molar-refractivity contribution in [1.29, 1.82) is 0 Å². The average Bonchev–Trinajstić information content (AvgIpc) is 3.24. The Kier molecular flexibility index (Phi) is 3.55. The van der Waals surface area contributed by atoms with Gasteiger partial charge >= 0.3 is 0 Å². The highest BCUT2D eigenvalue weighted by Crippen LogP contribution is 2.23. The van der Waals surface area contributed by atoms with Crippen LogP contribution in [0.2, 0.25) is 0 Å². The number of rotatable bonds is 2. The maximum absolute atomic E-state index is 13.0. The molecule has 7 nitrogen and oxygen atoms in total. The summed E-state index contributed by atoms with van der Waals surface area (Å²) in [6.45, 7) is 5.37. The molecule has 1 amide bonds. The Bertz CT molecular complexity index is 882. The van der Waals surface area contributed by atoms with E-state index in [4.69, 9.17) is 0 Å². The minimum atomic E-state index is 0.00677. The Balaban J connectivity index is 1.64. The fraction of sp³-hybridized carbons (Fsp3) is 0.412. The fourth-order valence-electron chi connectivity index (χ4n) is 3.46. The summed E-state index contributed by atoms with van der Waals surface area (Å²) in [6.07, 6.45) is 9.24. The van der Waals surface area contributed by atoms with Gasteiger partial charge in [-0.25, -0.2) is 14.5 Å². The van der Waals surface area contributed by atoms with Crippen molar-refractivity contribution < 1.29 is 4.79 Å². The number of aryl methyl sites for hydroxylation is 2. The molecule has 7 heteroatoms. The zero-order chi connectivity index (χ0) is 16.7. The number of hydrogen-bond acceptors (Lipinski definition) is 4. The number of amides is 1. The third-order valence-corrected chi connectivity index (χ3v) is 4.64. The quantitative estimate of drug-likeness (QED) is 0.723. The first-order chi connectivity index (χ1) is 11.6. The number of fused-ring (bicyclic) bond motifs is 1. The van der Waals surface area contributed by atoms with Crippen LogP contribution in [0.3, 0.4) is 0 Å². The zero-order valence-electron chi connectivity index (χ0n) is 13.9. The highest BCUT2D eigenvalue weighted by atomic mass is 16.2. The molecule has 124 valence electrons. The lowest BCUT2D eigenvalue weighted by Gasteiger charge is -2.33. The standard InChI is InChI=1S/C17H20N6O/c1-12-8-13(2)23-16(20-12)15(9-19-23)17(24)21-6-3-4-14(10-21)22-7-5-18-11-22/h5,7-9,11,14H,3-4,6,10H2,1-2H3. The van der Waals surface area contributed by atoms with Gasteiger partial charge in [0.1, 0.15) is 5.56 Å². The summed E-state index contributed by atoms with van der Waals surface area (Å²) < 4.78 is 3.82. The van der Waals surface area contributed by atoms with Crippen molar-refractivity contribution in [3.63, 3.8) is 0 Å². The van der Waals surface area contributed by atoms with Crippen molar-refractivity contribution in [3.05, 3.63) is 47.9 Å². The number of imidazole rings is 1. The van der Waals surface area contributed by atoms with Crippen molar-refractivity contribution >= 4 is 11.6 Å². The van der Waals surface area contributed by atoms with Gasteiger partial charge in [0.15, 0.2) is 5.65 Å². The third kappa shape index (κ3) is 2.46. The Morgan fingerprint density at radius 2 is 2.21 bits per heavy atom. The molecular weight excluding hydrogens is 304 g/mol. The first kappa shape index (κ1) is 14.9. The Hall–Kier alpha value is -2.70. The van der Waals surface area contributed by atoms with Gasteiger partial charge in [-0.2, -0.15) is 5.10 Å². The minimum absolute atomic E-state index is 0.00677. The van der Waals surface area contributed by atoms with Crippen LogP contribution >= 0.6 is 0 Å². The molecule has 3 aromatic rings. The Morgan fingerprint density at radius 3 is 3.00 bits per heavy atom. The van der Waals surface area contributed by atoms with Crippen LogP contribution in [0.1, 0.15) is 40.6 Å². The van der Waals surface area contributed by atoms with Gasteiger partial charge in [0, 0.05) is 36.9 Å². The lowest BCUT2D eigenvalue weighted by atomic mass is 10.0. The van der Waals surface area contributed by atoms with E-state index in [1.54, 1.807) is 16.9 Å². The molecule has 3 aromatic heterocycles. The maximum atomic E-state index is 13.0. The lowest BCUT2D eigenvalue weighted by molar-refractivity contribution is 0.0681. The molecule has 0 spiro atoms. The second-order valence-corrected chi connectivity index (χ2v) is 6.39. The number of nitrogens with zero attached hydrogens (tertiary/aromatic N) is 6. The van der Waals surface area contributed by atoms with Crippen molar-refractivity contribution in [2.45, 2.75) is 32.7 Å². The van der Waals surface area contributed by atoms with Crippen LogP contribution in [0.25, 0.3) is 5.65 Å². The van der Waals surface area contributed by atoms with Gasteiger partial charge in [0.2, 0.25) is 0 Å². The second kappa shape index (κ2) is 5.74. The summed E-state index contributed by atoms with van der Waals surface area (Å²) >= 11 is 0. The number of carbonyl (C=O) groups excluding carboxylic acids is 1. The van der Waals surface area contributed by atoms with E-state index >= 15 is 0 Å². The molecule has 24 heavy (non-hydrogen) atoms. The summed E-state index contributed by atoms with van der Waals surface area (Å²) in [5, 5.41) is 4.34. The van der Waals surface area contributed by atoms with E-state index in [1.165, 1.54) is 0 Å². The minimum Gasteiger partial charge on any atom is -0.336 e. The molecule has 0 bridgehead atoms. The summed E-state index contributed by atoms with van der Waals surface area (Å²) in [5.74, 6) is 0.00677. The number of aromatic nitrogens is 5. The Labute approximate surface area is 139 Å². The van der Waals surface area contributed by atoms with Crippen LogP contribution in [-0.4, -0.2) is 48.0 Å². The molecule has 4 heterocycles. The fourth-order valence-corrected chi connectivity index (χ4v) is 3.46. The first-order valence-corrected chi connectivity index (χ1v) is 8.22. The van der Waals surface area contributed by atoms with Crippen molar-refractivity contribution in [3.8, 4) is 0 Å². The van der Waals surface area contributed by atoms with E-state index in [0.29, 0.717) is 17.8 Å². The van der Waals surface area contributed by atoms with Crippen molar-refractivity contribution in [2.75, 3.05) is 13.1 Å². The second-order valence-electron chi connectivity index (χ2n) is 6.39. The summed E-state index contributed by atoms with van der Waals surface area (Å²) in [7, 11) is 0. The van der Waals surface area contributed by atoms with Gasteiger partial charge in [0.05, 0.1) is 18.6 Å². The molecule has 1 aliphatic rings. The van der Waals surface area contributed by atoms with Gasteiger partial charge in [-0.05, 0) is 32.8 Å². The lowest BCUT2D eigenvalue weighted by Crippen LogP contribution is -2.40. The van der Waals surface area contributed by atoms with Crippen molar-refractivity contribution in [2.24, 2.45) is 0 Å². The van der Waals surface area contributed by atoms with E-state index in [9.17, 15) is 4.79 Å². The molecular formula is C17H20N6O. The van der Waals surface area contributed by atoms with E-state index in [2.05, 4.69) is 19.6 Å². The van der Waals surface area contributed by atoms with E-state index in [-0.39, 0.29) is 11.9 Å². The molecule has 0 aromatic carbocycles. The molecule has 4 rings (SSSR count). The van der Waals surface area contributed by atoms with Gasteiger partial charge in [-0.15, -0.1) is 0 Å². The third-order valence-electron chi connectivity index (χ3n) is 4.64. The molecule has 1 saturated heterocycles. The molecule has 0 saturated carbocycles. The zero-order valence-corrected chi connectivity index (χ0v) is 13.9. The van der Waals surface area contributed by atoms with Gasteiger partial charge in [0.25, 0.3) is 5.91 Å². The molecule has 0 radical (unpaired) electrons. The van der Waals surface area contributed by atoms with E-state index < -0.39 is 0 Å². The SMILES string of the molecule is Cc1cc(C)n2ncc(C(=O)N3CCCC(n4ccnc4)C3)c2n1. The number of likely N-dealkylation sites (tertiary alicyclic amines) is 1. The first-order valence-electron chi connectivity index (χ1n) is 8.22. The van der Waals surface area contributed by atoms with Gasteiger partial charge in [-0.1, -0.05) is 0 Å². The average molecular weight is 324 g/mol.